The van der Waals surface area contributed by atoms with Crippen molar-refractivity contribution >= 4 is 18.0 Å². The van der Waals surface area contributed by atoms with Gasteiger partial charge in [-0.2, -0.15) is 0 Å². The zero-order chi connectivity index (χ0) is 10.9. The Hall–Kier alpha value is -1.20. The summed E-state index contributed by atoms with van der Waals surface area (Å²) in [5, 5.41) is 2.89. The number of nitrogens with one attached hydrogen (secondary N) is 2. The van der Waals surface area contributed by atoms with Crippen LogP contribution in [-0.4, -0.2) is 19.0 Å². The van der Waals surface area contributed by atoms with E-state index in [0.717, 1.165) is 5.56 Å². The number of hydrogen-bond acceptors (Lipinski definition) is 4. The molecule has 0 saturated heterocycles. The first-order valence-corrected chi connectivity index (χ1v) is 5.54. The molecule has 5 heteroatoms. The molecule has 0 aliphatic rings. The second-order valence-electron chi connectivity index (χ2n) is 2.81. The van der Waals surface area contributed by atoms with Gasteiger partial charge in [0.25, 0.3) is 0 Å². The summed E-state index contributed by atoms with van der Waals surface area (Å²) in [6.07, 6.45) is -0.417. The maximum Gasteiger partial charge on any atom is 0.417 e. The van der Waals surface area contributed by atoms with Crippen LogP contribution >= 0.6 is 11.9 Å². The highest BCUT2D eigenvalue weighted by Crippen LogP contribution is 2.01. The molecular weight excluding hydrogens is 212 g/mol. The number of hydrogen-bond donors (Lipinski definition) is 2. The van der Waals surface area contributed by atoms with Gasteiger partial charge in [0, 0.05) is 0 Å². The Bertz CT molecular complexity index is 293. The Morgan fingerprint density at radius 3 is 2.80 bits per heavy atom. The van der Waals surface area contributed by atoms with Crippen molar-refractivity contribution in [3.8, 4) is 0 Å². The number of amides is 1. The van der Waals surface area contributed by atoms with Crippen molar-refractivity contribution < 1.29 is 9.53 Å². The van der Waals surface area contributed by atoms with Crippen LogP contribution in [0.1, 0.15) is 5.56 Å². The average Bonchev–Trinajstić information content (AvgIpc) is 2.28. The fourth-order valence-corrected chi connectivity index (χ4v) is 1.31. The highest BCUT2D eigenvalue weighted by atomic mass is 32.2. The Morgan fingerprint density at radius 1 is 1.40 bits per heavy atom. The summed E-state index contributed by atoms with van der Waals surface area (Å²) in [5.74, 6) is 0.653. The number of ether oxygens (including phenoxy) is 1. The first-order chi connectivity index (χ1) is 7.33. The average molecular weight is 226 g/mol. The summed E-state index contributed by atoms with van der Waals surface area (Å²) in [6, 6.07) is 9.56. The lowest BCUT2D eigenvalue weighted by Gasteiger charge is -2.05. The lowest BCUT2D eigenvalue weighted by Crippen LogP contribution is -2.20. The van der Waals surface area contributed by atoms with E-state index in [1.807, 2.05) is 37.4 Å². The minimum Gasteiger partial charge on any atom is -0.444 e. The first kappa shape index (κ1) is 11.9. The molecule has 1 amide bonds. The second kappa shape index (κ2) is 7.14. The van der Waals surface area contributed by atoms with Gasteiger partial charge in [-0.3, -0.25) is 4.72 Å². The molecule has 0 heterocycles. The molecule has 4 nitrogen and oxygen atoms in total. The molecule has 0 saturated carbocycles. The van der Waals surface area contributed by atoms with Gasteiger partial charge in [0.2, 0.25) is 0 Å². The van der Waals surface area contributed by atoms with Crippen LogP contribution in [0.15, 0.2) is 30.3 Å². The van der Waals surface area contributed by atoms with Crippen LogP contribution in [0.25, 0.3) is 0 Å². The summed E-state index contributed by atoms with van der Waals surface area (Å²) >= 11 is 1.26. The van der Waals surface area contributed by atoms with E-state index in [0.29, 0.717) is 12.5 Å². The molecule has 0 aliphatic carbocycles. The van der Waals surface area contributed by atoms with Gasteiger partial charge in [-0.05, 0) is 24.6 Å². The van der Waals surface area contributed by atoms with E-state index in [4.69, 9.17) is 4.74 Å². The molecule has 0 atom stereocenters. The summed E-state index contributed by atoms with van der Waals surface area (Å²) in [4.78, 5) is 11.1. The van der Waals surface area contributed by atoms with Crippen molar-refractivity contribution in [3.63, 3.8) is 0 Å². The minimum absolute atomic E-state index is 0.298. The minimum atomic E-state index is -0.417. The molecule has 2 N–H and O–H groups in total. The maximum absolute atomic E-state index is 11.1. The highest BCUT2D eigenvalue weighted by Gasteiger charge is 2.00. The fourth-order valence-electron chi connectivity index (χ4n) is 0.920. The van der Waals surface area contributed by atoms with E-state index in [2.05, 4.69) is 10.0 Å². The molecule has 0 spiro atoms. The number of carbonyl (C=O) groups excluding carboxylic acids is 1. The number of carbonyl (C=O) groups is 1. The SMILES string of the molecule is CNCSNC(=O)OCc1ccccc1. The van der Waals surface area contributed by atoms with Crippen molar-refractivity contribution in [2.45, 2.75) is 6.61 Å². The molecule has 0 unspecified atom stereocenters. The van der Waals surface area contributed by atoms with Crippen LogP contribution in [0.4, 0.5) is 4.79 Å². The molecule has 0 bridgehead atoms. The van der Waals surface area contributed by atoms with Crippen LogP contribution < -0.4 is 10.0 Å². The molecule has 0 fully saturated rings. The monoisotopic (exact) mass is 226 g/mol. The molecular formula is C10H14N2O2S. The molecule has 0 aliphatic heterocycles. The van der Waals surface area contributed by atoms with Crippen molar-refractivity contribution in [2.75, 3.05) is 12.9 Å². The zero-order valence-corrected chi connectivity index (χ0v) is 9.34. The Morgan fingerprint density at radius 2 is 2.13 bits per heavy atom. The van der Waals surface area contributed by atoms with Crippen LogP contribution in [0.2, 0.25) is 0 Å². The third kappa shape index (κ3) is 5.29. The molecule has 0 aromatic heterocycles. The predicted molar refractivity (Wildman–Crippen MR) is 61.3 cm³/mol. The maximum atomic E-state index is 11.1. The van der Waals surface area contributed by atoms with Gasteiger partial charge in [0.1, 0.15) is 6.61 Å². The second-order valence-corrected chi connectivity index (χ2v) is 3.59. The van der Waals surface area contributed by atoms with Crippen molar-refractivity contribution in [2.24, 2.45) is 0 Å². The smallest absolute Gasteiger partial charge is 0.417 e. The van der Waals surface area contributed by atoms with E-state index < -0.39 is 6.09 Å². The normalized spacial score (nSPS) is 9.67. The van der Waals surface area contributed by atoms with Gasteiger partial charge >= 0.3 is 6.09 Å². The quantitative estimate of drug-likeness (QED) is 0.456. The fraction of sp³-hybridized carbons (Fsp3) is 0.300. The van der Waals surface area contributed by atoms with Gasteiger partial charge in [-0.15, -0.1) is 0 Å². The Balaban J connectivity index is 2.17. The molecule has 82 valence electrons. The van der Waals surface area contributed by atoms with Gasteiger partial charge in [-0.25, -0.2) is 4.79 Å². The molecule has 1 aromatic carbocycles. The molecule has 0 radical (unpaired) electrons. The third-order valence-corrected chi connectivity index (χ3v) is 2.33. The first-order valence-electron chi connectivity index (χ1n) is 4.56. The summed E-state index contributed by atoms with van der Waals surface area (Å²) in [7, 11) is 1.81. The highest BCUT2D eigenvalue weighted by molar-refractivity contribution is 7.97. The van der Waals surface area contributed by atoms with Crippen molar-refractivity contribution in [3.05, 3.63) is 35.9 Å². The van der Waals surface area contributed by atoms with Crippen LogP contribution in [0, 0.1) is 0 Å². The standard InChI is InChI=1S/C10H14N2O2S/c1-11-8-15-12-10(13)14-7-9-5-3-2-4-6-9/h2-6,11H,7-8H2,1H3,(H,12,13). The predicted octanol–water partition coefficient (Wildman–Crippen LogP) is 1.74. The van der Waals surface area contributed by atoms with Gasteiger partial charge < -0.3 is 10.1 Å². The summed E-state index contributed by atoms with van der Waals surface area (Å²) < 4.78 is 7.52. The van der Waals surface area contributed by atoms with E-state index >= 15 is 0 Å². The van der Waals surface area contributed by atoms with Gasteiger partial charge in [-0.1, -0.05) is 30.3 Å². The molecule has 1 rings (SSSR count). The molecule has 15 heavy (non-hydrogen) atoms. The van der Waals surface area contributed by atoms with E-state index in [9.17, 15) is 4.79 Å². The Kier molecular flexibility index (Phi) is 5.65. The van der Waals surface area contributed by atoms with E-state index in [1.54, 1.807) is 0 Å². The lowest BCUT2D eigenvalue weighted by atomic mass is 10.2. The topological polar surface area (TPSA) is 50.4 Å². The number of benzene rings is 1. The van der Waals surface area contributed by atoms with Crippen molar-refractivity contribution in [1.29, 1.82) is 0 Å². The Labute approximate surface area is 93.5 Å². The van der Waals surface area contributed by atoms with Gasteiger partial charge in [0.05, 0.1) is 5.88 Å². The summed E-state index contributed by atoms with van der Waals surface area (Å²) in [5.41, 5.74) is 0.978. The molecule has 1 aromatic rings. The van der Waals surface area contributed by atoms with Crippen molar-refractivity contribution in [1.82, 2.24) is 10.0 Å². The van der Waals surface area contributed by atoms with E-state index in [-0.39, 0.29) is 0 Å². The zero-order valence-electron chi connectivity index (χ0n) is 8.53. The van der Waals surface area contributed by atoms with Gasteiger partial charge in [0.15, 0.2) is 0 Å². The van der Waals surface area contributed by atoms with Crippen LogP contribution in [0.5, 0.6) is 0 Å². The summed E-state index contributed by atoms with van der Waals surface area (Å²) in [6.45, 7) is 0.298. The third-order valence-electron chi connectivity index (χ3n) is 1.58. The van der Waals surface area contributed by atoms with Crippen LogP contribution in [0.3, 0.4) is 0 Å². The lowest BCUT2D eigenvalue weighted by molar-refractivity contribution is 0.146. The van der Waals surface area contributed by atoms with E-state index in [1.165, 1.54) is 11.9 Å². The van der Waals surface area contributed by atoms with Crippen LogP contribution in [-0.2, 0) is 11.3 Å². The largest absolute Gasteiger partial charge is 0.444 e. The number of rotatable bonds is 5.